The van der Waals surface area contributed by atoms with Gasteiger partial charge in [0, 0.05) is 22.7 Å². The zero-order chi connectivity index (χ0) is 15.6. The third-order valence-corrected chi connectivity index (χ3v) is 4.20. The predicted octanol–water partition coefficient (Wildman–Crippen LogP) is 2.05. The molecule has 2 aliphatic rings. The first-order chi connectivity index (χ1) is 10.5. The van der Waals surface area contributed by atoms with Crippen molar-refractivity contribution in [3.05, 3.63) is 15.7 Å². The summed E-state index contributed by atoms with van der Waals surface area (Å²) in [6.07, 6.45) is -0.0542. The third-order valence-electron chi connectivity index (χ3n) is 3.57. The molecule has 1 aromatic rings. The molecule has 0 N–H and O–H groups in total. The van der Waals surface area contributed by atoms with Gasteiger partial charge in [-0.05, 0) is 42.5 Å². The van der Waals surface area contributed by atoms with E-state index in [0.717, 1.165) is 35.7 Å². The maximum Gasteiger partial charge on any atom is 0.216 e. The average molecular weight is 420 g/mol. The van der Waals surface area contributed by atoms with Crippen LogP contribution < -0.4 is 9.64 Å². The molecule has 0 aromatic carbocycles. The van der Waals surface area contributed by atoms with Gasteiger partial charge in [0.2, 0.25) is 5.88 Å². The Hall–Kier alpha value is -0.640. The van der Waals surface area contributed by atoms with Crippen molar-refractivity contribution in [3.8, 4) is 5.88 Å². The molecule has 22 heavy (non-hydrogen) atoms. The molecular weight excluding hydrogens is 399 g/mol. The van der Waals surface area contributed by atoms with Gasteiger partial charge in [-0.1, -0.05) is 0 Å². The number of nitrogens with zero attached hydrogens (tertiary/aromatic N) is 2. The highest BCUT2D eigenvalue weighted by molar-refractivity contribution is 14.1. The van der Waals surface area contributed by atoms with E-state index in [-0.39, 0.29) is 6.10 Å². The van der Waals surface area contributed by atoms with Crippen LogP contribution in [0.15, 0.2) is 12.1 Å². The van der Waals surface area contributed by atoms with Crippen LogP contribution in [0.4, 0.5) is 5.82 Å². The quantitative estimate of drug-likeness (QED) is 0.696. The predicted molar refractivity (Wildman–Crippen MR) is 90.4 cm³/mol. The molecule has 2 fully saturated rings. The van der Waals surface area contributed by atoms with Crippen molar-refractivity contribution >= 4 is 28.4 Å². The highest BCUT2D eigenvalue weighted by atomic mass is 127. The molecule has 0 unspecified atom stereocenters. The van der Waals surface area contributed by atoms with E-state index < -0.39 is 5.79 Å². The summed E-state index contributed by atoms with van der Waals surface area (Å²) in [5, 5.41) is 0. The summed E-state index contributed by atoms with van der Waals surface area (Å²) in [5.74, 6) is 1.04. The maximum atomic E-state index is 5.82. The lowest BCUT2D eigenvalue weighted by Gasteiger charge is -2.28. The zero-order valence-corrected chi connectivity index (χ0v) is 15.0. The van der Waals surface area contributed by atoms with Gasteiger partial charge >= 0.3 is 0 Å². The summed E-state index contributed by atoms with van der Waals surface area (Å²) in [7, 11) is 0. The largest absolute Gasteiger partial charge is 0.475 e. The average Bonchev–Trinajstić information content (AvgIpc) is 2.85. The molecule has 0 bridgehead atoms. The number of ether oxygens (including phenoxy) is 4. The Labute approximate surface area is 144 Å². The monoisotopic (exact) mass is 420 g/mol. The fraction of sp³-hybridized carbons (Fsp3) is 0.667. The first-order valence-electron chi connectivity index (χ1n) is 7.47. The molecule has 3 rings (SSSR count). The number of pyridine rings is 1. The number of hydrogen-bond acceptors (Lipinski definition) is 6. The van der Waals surface area contributed by atoms with Gasteiger partial charge in [0.1, 0.15) is 18.5 Å². The smallest absolute Gasteiger partial charge is 0.216 e. The molecule has 0 saturated carbocycles. The Balaban J connectivity index is 1.62. The highest BCUT2D eigenvalue weighted by Gasteiger charge is 2.33. The Morgan fingerprint density at radius 3 is 2.82 bits per heavy atom. The fourth-order valence-electron chi connectivity index (χ4n) is 2.51. The molecule has 1 atom stereocenters. The molecule has 3 heterocycles. The van der Waals surface area contributed by atoms with Crippen LogP contribution in [0.25, 0.3) is 0 Å². The summed E-state index contributed by atoms with van der Waals surface area (Å²) in [6.45, 7) is 8.02. The molecular formula is C15H21IN2O4. The maximum absolute atomic E-state index is 5.82. The number of anilines is 1. The number of halogens is 1. The first-order valence-corrected chi connectivity index (χ1v) is 8.54. The van der Waals surface area contributed by atoms with E-state index >= 15 is 0 Å². The summed E-state index contributed by atoms with van der Waals surface area (Å²) >= 11 is 2.29. The van der Waals surface area contributed by atoms with E-state index in [4.69, 9.17) is 18.9 Å². The molecule has 1 aromatic heterocycles. The minimum absolute atomic E-state index is 0.0542. The molecule has 6 nitrogen and oxygen atoms in total. The van der Waals surface area contributed by atoms with Crippen LogP contribution >= 0.6 is 22.6 Å². The van der Waals surface area contributed by atoms with Gasteiger partial charge in [-0.25, -0.2) is 0 Å². The van der Waals surface area contributed by atoms with E-state index in [1.165, 1.54) is 0 Å². The van der Waals surface area contributed by atoms with Crippen LogP contribution in [0.2, 0.25) is 0 Å². The lowest BCUT2D eigenvalue weighted by Crippen LogP contribution is -2.36. The molecule has 0 amide bonds. The second kappa shape index (κ2) is 6.86. The number of morpholine rings is 1. The summed E-state index contributed by atoms with van der Waals surface area (Å²) in [6, 6.07) is 4.00. The van der Waals surface area contributed by atoms with E-state index in [1.54, 1.807) is 0 Å². The molecule has 2 saturated heterocycles. The van der Waals surface area contributed by atoms with Gasteiger partial charge in [0.15, 0.2) is 5.79 Å². The van der Waals surface area contributed by atoms with E-state index in [9.17, 15) is 0 Å². The number of hydrogen-bond donors (Lipinski definition) is 0. The van der Waals surface area contributed by atoms with Crippen LogP contribution in [0.3, 0.4) is 0 Å². The van der Waals surface area contributed by atoms with Crippen molar-refractivity contribution in [1.29, 1.82) is 0 Å². The van der Waals surface area contributed by atoms with Gasteiger partial charge in [0.25, 0.3) is 0 Å². The van der Waals surface area contributed by atoms with E-state index in [2.05, 4.69) is 38.5 Å². The lowest BCUT2D eigenvalue weighted by molar-refractivity contribution is -0.141. The molecule has 122 valence electrons. The molecule has 0 spiro atoms. The van der Waals surface area contributed by atoms with Crippen molar-refractivity contribution in [2.45, 2.75) is 25.7 Å². The van der Waals surface area contributed by atoms with Gasteiger partial charge in [0.05, 0.1) is 19.8 Å². The third kappa shape index (κ3) is 4.21. The van der Waals surface area contributed by atoms with Crippen molar-refractivity contribution in [3.63, 3.8) is 0 Å². The first kappa shape index (κ1) is 16.2. The Bertz CT molecular complexity index is 520. The second-order valence-electron chi connectivity index (χ2n) is 5.84. The van der Waals surface area contributed by atoms with Crippen molar-refractivity contribution in [2.75, 3.05) is 44.4 Å². The second-order valence-corrected chi connectivity index (χ2v) is 7.09. The molecule has 7 heteroatoms. The summed E-state index contributed by atoms with van der Waals surface area (Å²) in [5.41, 5.74) is 0. The van der Waals surface area contributed by atoms with Gasteiger partial charge in [-0.15, -0.1) is 0 Å². The normalized spacial score (nSPS) is 24.5. The summed E-state index contributed by atoms with van der Waals surface area (Å²) in [4.78, 5) is 6.82. The SMILES string of the molecule is CC1(C)OC[C@H](COc2cc(I)cc(N3CCOCC3)n2)O1. The fourth-order valence-corrected chi connectivity index (χ4v) is 3.06. The molecule has 0 radical (unpaired) electrons. The van der Waals surface area contributed by atoms with Crippen molar-refractivity contribution in [1.82, 2.24) is 4.98 Å². The Morgan fingerprint density at radius 2 is 2.14 bits per heavy atom. The van der Waals surface area contributed by atoms with Gasteiger partial charge in [-0.3, -0.25) is 0 Å². The number of aromatic nitrogens is 1. The standard InChI is InChI=1S/C15H21IN2O4/c1-15(2)21-10-12(22-15)9-20-14-8-11(16)7-13(17-14)18-3-5-19-6-4-18/h7-8,12H,3-6,9-10H2,1-2H3/t12-/m0/s1. The van der Waals surface area contributed by atoms with E-state index in [1.807, 2.05) is 19.9 Å². The van der Waals surface area contributed by atoms with Gasteiger partial charge in [-0.2, -0.15) is 4.98 Å². The van der Waals surface area contributed by atoms with Crippen LogP contribution in [0, 0.1) is 3.57 Å². The summed E-state index contributed by atoms with van der Waals surface area (Å²) < 4.78 is 23.6. The zero-order valence-electron chi connectivity index (χ0n) is 12.9. The van der Waals surface area contributed by atoms with Crippen LogP contribution in [-0.2, 0) is 14.2 Å². The topological polar surface area (TPSA) is 53.1 Å². The number of rotatable bonds is 4. The molecule has 0 aliphatic carbocycles. The Morgan fingerprint density at radius 1 is 1.36 bits per heavy atom. The highest BCUT2D eigenvalue weighted by Crippen LogP contribution is 2.25. The van der Waals surface area contributed by atoms with Crippen LogP contribution in [-0.4, -0.2) is 56.4 Å². The minimum Gasteiger partial charge on any atom is -0.475 e. The van der Waals surface area contributed by atoms with Crippen LogP contribution in [0.1, 0.15) is 13.8 Å². The van der Waals surface area contributed by atoms with Crippen molar-refractivity contribution in [2.24, 2.45) is 0 Å². The van der Waals surface area contributed by atoms with Crippen molar-refractivity contribution < 1.29 is 18.9 Å². The lowest BCUT2D eigenvalue weighted by atomic mass is 10.3. The molecule has 2 aliphatic heterocycles. The van der Waals surface area contributed by atoms with Gasteiger partial charge < -0.3 is 23.8 Å². The van der Waals surface area contributed by atoms with Crippen LogP contribution in [0.5, 0.6) is 5.88 Å². The van der Waals surface area contributed by atoms with E-state index in [0.29, 0.717) is 19.1 Å². The Kier molecular flexibility index (Phi) is 5.06. The minimum atomic E-state index is -0.522.